The van der Waals surface area contributed by atoms with Crippen molar-refractivity contribution < 1.29 is 19.1 Å². The normalized spacial score (nSPS) is 12.1. The van der Waals surface area contributed by atoms with E-state index < -0.39 is 23.4 Å². The first-order valence-corrected chi connectivity index (χ1v) is 6.39. The van der Waals surface area contributed by atoms with Crippen LogP contribution in [0.2, 0.25) is 0 Å². The van der Waals surface area contributed by atoms with Crippen molar-refractivity contribution in [2.45, 2.75) is 20.8 Å². The van der Waals surface area contributed by atoms with Crippen molar-refractivity contribution in [1.29, 1.82) is 0 Å². The summed E-state index contributed by atoms with van der Waals surface area (Å²) in [4.78, 5) is 22.4. The minimum absolute atomic E-state index is 0.235. The number of carbonyl (C=O) groups excluding carboxylic acids is 1. The highest BCUT2D eigenvalue weighted by molar-refractivity contribution is 5.93. The van der Waals surface area contributed by atoms with E-state index in [1.165, 1.54) is 6.07 Å². The average molecular weight is 282 g/mol. The zero-order chi connectivity index (χ0) is 15.3. The lowest BCUT2D eigenvalue weighted by Crippen LogP contribution is -2.33. The SMILES string of the molecule is CC(C)C(C)CNC(=O)Nc1ccc(F)c(C(=O)O)c1. The molecule has 20 heavy (non-hydrogen) atoms. The molecule has 0 aliphatic heterocycles. The van der Waals surface area contributed by atoms with E-state index in [0.29, 0.717) is 18.4 Å². The summed E-state index contributed by atoms with van der Waals surface area (Å²) in [6.45, 7) is 6.65. The highest BCUT2D eigenvalue weighted by Gasteiger charge is 2.13. The lowest BCUT2D eigenvalue weighted by atomic mass is 9.98. The van der Waals surface area contributed by atoms with Crippen molar-refractivity contribution in [2.24, 2.45) is 11.8 Å². The van der Waals surface area contributed by atoms with Gasteiger partial charge in [0.25, 0.3) is 0 Å². The van der Waals surface area contributed by atoms with Gasteiger partial charge >= 0.3 is 12.0 Å². The van der Waals surface area contributed by atoms with E-state index >= 15 is 0 Å². The predicted octanol–water partition coefficient (Wildman–Crippen LogP) is 2.94. The number of rotatable bonds is 5. The van der Waals surface area contributed by atoms with Crippen molar-refractivity contribution >= 4 is 17.7 Å². The molecule has 0 spiro atoms. The Labute approximate surface area is 117 Å². The van der Waals surface area contributed by atoms with Gasteiger partial charge in [0.15, 0.2) is 0 Å². The second-order valence-electron chi connectivity index (χ2n) is 5.06. The minimum Gasteiger partial charge on any atom is -0.478 e. The second-order valence-corrected chi connectivity index (χ2v) is 5.06. The number of anilines is 1. The molecular weight excluding hydrogens is 263 g/mol. The van der Waals surface area contributed by atoms with Crippen LogP contribution in [-0.4, -0.2) is 23.7 Å². The number of urea groups is 1. The summed E-state index contributed by atoms with van der Waals surface area (Å²) >= 11 is 0. The van der Waals surface area contributed by atoms with Gasteiger partial charge in [-0.05, 0) is 30.0 Å². The number of carbonyl (C=O) groups is 2. The molecule has 0 aromatic heterocycles. The third-order valence-electron chi connectivity index (χ3n) is 3.18. The fraction of sp³-hybridized carbons (Fsp3) is 0.429. The van der Waals surface area contributed by atoms with Crippen LogP contribution in [0.25, 0.3) is 0 Å². The van der Waals surface area contributed by atoms with Crippen molar-refractivity contribution in [3.05, 3.63) is 29.6 Å². The van der Waals surface area contributed by atoms with Crippen LogP contribution in [0.1, 0.15) is 31.1 Å². The van der Waals surface area contributed by atoms with Gasteiger partial charge in [-0.3, -0.25) is 0 Å². The highest BCUT2D eigenvalue weighted by Crippen LogP contribution is 2.15. The lowest BCUT2D eigenvalue weighted by Gasteiger charge is -2.16. The average Bonchev–Trinajstić information content (AvgIpc) is 2.37. The molecule has 0 saturated heterocycles. The fourth-order valence-electron chi connectivity index (χ4n) is 1.43. The predicted molar refractivity (Wildman–Crippen MR) is 74.4 cm³/mol. The standard InChI is InChI=1S/C14H19FN2O3/c1-8(2)9(3)7-16-14(20)17-10-4-5-12(15)11(6-10)13(18)19/h4-6,8-9H,7H2,1-3H3,(H,18,19)(H2,16,17,20). The van der Waals surface area contributed by atoms with Crippen molar-refractivity contribution in [1.82, 2.24) is 5.32 Å². The number of halogens is 1. The second kappa shape index (κ2) is 6.88. The van der Waals surface area contributed by atoms with Crippen LogP contribution >= 0.6 is 0 Å². The first kappa shape index (κ1) is 15.9. The first-order valence-electron chi connectivity index (χ1n) is 6.39. The molecule has 6 heteroatoms. The summed E-state index contributed by atoms with van der Waals surface area (Å²) in [7, 11) is 0. The van der Waals surface area contributed by atoms with Gasteiger partial charge in [0.1, 0.15) is 5.82 Å². The molecule has 0 radical (unpaired) electrons. The largest absolute Gasteiger partial charge is 0.478 e. The fourth-order valence-corrected chi connectivity index (χ4v) is 1.43. The Bertz CT molecular complexity index is 503. The first-order chi connectivity index (χ1) is 9.31. The van der Waals surface area contributed by atoms with E-state index in [0.717, 1.165) is 12.1 Å². The molecule has 0 heterocycles. The summed E-state index contributed by atoms with van der Waals surface area (Å²) in [5, 5.41) is 14.0. The van der Waals surface area contributed by atoms with Crippen LogP contribution in [0.5, 0.6) is 0 Å². The molecule has 1 rings (SSSR count). The topological polar surface area (TPSA) is 78.4 Å². The Kier molecular flexibility index (Phi) is 5.49. The van der Waals surface area contributed by atoms with Gasteiger partial charge in [-0.2, -0.15) is 0 Å². The zero-order valence-corrected chi connectivity index (χ0v) is 11.7. The molecule has 0 aliphatic carbocycles. The van der Waals surface area contributed by atoms with E-state index in [2.05, 4.69) is 24.5 Å². The van der Waals surface area contributed by atoms with Crippen molar-refractivity contribution in [2.75, 3.05) is 11.9 Å². The number of carboxylic acid groups (broad SMARTS) is 1. The van der Waals surface area contributed by atoms with Gasteiger partial charge in [0, 0.05) is 12.2 Å². The Morgan fingerprint density at radius 2 is 1.95 bits per heavy atom. The number of nitrogens with one attached hydrogen (secondary N) is 2. The molecule has 2 amide bonds. The maximum absolute atomic E-state index is 13.2. The maximum atomic E-state index is 13.2. The van der Waals surface area contributed by atoms with E-state index in [9.17, 15) is 14.0 Å². The Morgan fingerprint density at radius 1 is 1.30 bits per heavy atom. The number of aromatic carboxylic acids is 1. The number of hydrogen-bond acceptors (Lipinski definition) is 2. The summed E-state index contributed by atoms with van der Waals surface area (Å²) in [6.07, 6.45) is 0. The smallest absolute Gasteiger partial charge is 0.338 e. The third-order valence-corrected chi connectivity index (χ3v) is 3.18. The van der Waals surface area contributed by atoms with Crippen molar-refractivity contribution in [3.8, 4) is 0 Å². The van der Waals surface area contributed by atoms with E-state index in [-0.39, 0.29) is 5.69 Å². The minimum atomic E-state index is -1.38. The molecule has 0 bridgehead atoms. The number of benzene rings is 1. The third kappa shape index (κ3) is 4.53. The summed E-state index contributed by atoms with van der Waals surface area (Å²) in [5.41, 5.74) is -0.239. The molecule has 1 atom stereocenters. The van der Waals surface area contributed by atoms with E-state index in [1.807, 2.05) is 6.92 Å². The molecular formula is C14H19FN2O3. The zero-order valence-electron chi connectivity index (χ0n) is 11.7. The lowest BCUT2D eigenvalue weighted by molar-refractivity contribution is 0.0692. The van der Waals surface area contributed by atoms with Crippen molar-refractivity contribution in [3.63, 3.8) is 0 Å². The van der Waals surface area contributed by atoms with Crippen LogP contribution in [0.3, 0.4) is 0 Å². The molecule has 0 fully saturated rings. The number of carboxylic acids is 1. The highest BCUT2D eigenvalue weighted by atomic mass is 19.1. The van der Waals surface area contributed by atoms with Gasteiger partial charge < -0.3 is 15.7 Å². The molecule has 3 N–H and O–H groups in total. The monoisotopic (exact) mass is 282 g/mol. The molecule has 1 aromatic rings. The van der Waals surface area contributed by atoms with E-state index in [4.69, 9.17) is 5.11 Å². The van der Waals surface area contributed by atoms with E-state index in [1.54, 1.807) is 0 Å². The summed E-state index contributed by atoms with van der Waals surface area (Å²) < 4.78 is 13.2. The number of hydrogen-bond donors (Lipinski definition) is 3. The maximum Gasteiger partial charge on any atom is 0.338 e. The Hall–Kier alpha value is -2.11. The van der Waals surface area contributed by atoms with Gasteiger partial charge in [0.2, 0.25) is 0 Å². The van der Waals surface area contributed by atoms with Crippen LogP contribution in [0.4, 0.5) is 14.9 Å². The molecule has 0 aliphatic rings. The summed E-state index contributed by atoms with van der Waals surface area (Å²) in [5.74, 6) is -1.44. The van der Waals surface area contributed by atoms with Gasteiger partial charge in [-0.25, -0.2) is 14.0 Å². The van der Waals surface area contributed by atoms with Crippen LogP contribution in [0, 0.1) is 17.7 Å². The van der Waals surface area contributed by atoms with Gasteiger partial charge in [-0.1, -0.05) is 20.8 Å². The quantitative estimate of drug-likeness (QED) is 0.777. The van der Waals surface area contributed by atoms with Gasteiger partial charge in [0.05, 0.1) is 5.56 Å². The summed E-state index contributed by atoms with van der Waals surface area (Å²) in [6, 6.07) is 2.96. The van der Waals surface area contributed by atoms with Crippen LogP contribution in [0.15, 0.2) is 18.2 Å². The van der Waals surface area contributed by atoms with Gasteiger partial charge in [-0.15, -0.1) is 0 Å². The Balaban J connectivity index is 2.62. The van der Waals surface area contributed by atoms with Crippen LogP contribution < -0.4 is 10.6 Å². The van der Waals surface area contributed by atoms with Crippen LogP contribution in [-0.2, 0) is 0 Å². The molecule has 1 aromatic carbocycles. The molecule has 1 unspecified atom stereocenters. The number of amides is 2. The Morgan fingerprint density at radius 3 is 2.50 bits per heavy atom. The molecule has 110 valence electrons. The molecule has 0 saturated carbocycles. The molecule has 5 nitrogen and oxygen atoms in total.